The first kappa shape index (κ1) is 20.1. The molecule has 8 nitrogen and oxygen atoms in total. The summed E-state index contributed by atoms with van der Waals surface area (Å²) in [6.45, 7) is 3.35. The molecule has 0 spiro atoms. The van der Waals surface area contributed by atoms with Crippen LogP contribution in [-0.4, -0.2) is 53.6 Å². The minimum absolute atomic E-state index is 0.0966. The lowest BCUT2D eigenvalue weighted by atomic mass is 9.96. The van der Waals surface area contributed by atoms with Crippen LogP contribution in [0.15, 0.2) is 22.7 Å². The molecule has 1 aromatic heterocycles. The van der Waals surface area contributed by atoms with Crippen LogP contribution in [0.5, 0.6) is 5.75 Å². The van der Waals surface area contributed by atoms with Gasteiger partial charge in [0.2, 0.25) is 11.8 Å². The number of nitrogens with one attached hydrogen (secondary N) is 1. The standard InChI is InChI=1S/C19H23ClN4O4/c1-12(25)24-9-6-13(7-10-24)18-22-17(28-23-18)5-8-21-19(26)15-11-14(20)3-4-16(15)27-2/h3-4,11,13H,5-10H2,1-2H3,(H,21,26). The van der Waals surface area contributed by atoms with Crippen LogP contribution < -0.4 is 10.1 Å². The van der Waals surface area contributed by atoms with E-state index in [0.717, 1.165) is 12.8 Å². The maximum Gasteiger partial charge on any atom is 0.255 e. The smallest absolute Gasteiger partial charge is 0.255 e. The van der Waals surface area contributed by atoms with Gasteiger partial charge in [-0.05, 0) is 31.0 Å². The highest BCUT2D eigenvalue weighted by Crippen LogP contribution is 2.26. The number of carbonyl (C=O) groups excluding carboxylic acids is 2. The third kappa shape index (κ3) is 4.81. The Morgan fingerprint density at radius 2 is 2.11 bits per heavy atom. The Morgan fingerprint density at radius 1 is 1.36 bits per heavy atom. The van der Waals surface area contributed by atoms with Crippen molar-refractivity contribution in [2.45, 2.75) is 32.1 Å². The number of likely N-dealkylation sites (tertiary alicyclic amines) is 1. The van der Waals surface area contributed by atoms with Gasteiger partial charge in [0.05, 0.1) is 12.7 Å². The normalized spacial score (nSPS) is 14.8. The van der Waals surface area contributed by atoms with Gasteiger partial charge in [-0.1, -0.05) is 16.8 Å². The third-order valence-corrected chi connectivity index (χ3v) is 5.05. The minimum atomic E-state index is -0.282. The number of hydrogen-bond donors (Lipinski definition) is 1. The number of halogens is 1. The molecule has 0 unspecified atom stereocenters. The second kappa shape index (κ2) is 9.05. The molecular weight excluding hydrogens is 384 g/mol. The summed E-state index contributed by atoms with van der Waals surface area (Å²) in [5.74, 6) is 1.61. The molecule has 1 aromatic carbocycles. The van der Waals surface area contributed by atoms with E-state index in [2.05, 4.69) is 15.5 Å². The zero-order chi connectivity index (χ0) is 20.1. The summed E-state index contributed by atoms with van der Waals surface area (Å²) in [4.78, 5) is 30.0. The van der Waals surface area contributed by atoms with Crippen LogP contribution in [0.2, 0.25) is 5.02 Å². The number of hydrogen-bond acceptors (Lipinski definition) is 6. The van der Waals surface area contributed by atoms with Crippen molar-refractivity contribution < 1.29 is 18.8 Å². The quantitative estimate of drug-likeness (QED) is 0.791. The fourth-order valence-corrected chi connectivity index (χ4v) is 3.40. The van der Waals surface area contributed by atoms with Crippen molar-refractivity contribution >= 4 is 23.4 Å². The number of amides is 2. The highest BCUT2D eigenvalue weighted by Gasteiger charge is 2.25. The molecule has 2 heterocycles. The molecule has 0 aliphatic carbocycles. The van der Waals surface area contributed by atoms with Crippen molar-refractivity contribution in [2.24, 2.45) is 0 Å². The van der Waals surface area contributed by atoms with Gasteiger partial charge in [-0.2, -0.15) is 4.98 Å². The van der Waals surface area contributed by atoms with Crippen molar-refractivity contribution in [1.82, 2.24) is 20.4 Å². The fourth-order valence-electron chi connectivity index (χ4n) is 3.22. The molecule has 1 aliphatic heterocycles. The molecule has 3 rings (SSSR count). The van der Waals surface area contributed by atoms with Gasteiger partial charge in [-0.15, -0.1) is 0 Å². The van der Waals surface area contributed by atoms with E-state index >= 15 is 0 Å². The molecule has 150 valence electrons. The van der Waals surface area contributed by atoms with Gasteiger partial charge in [0.1, 0.15) is 5.75 Å². The van der Waals surface area contributed by atoms with Crippen LogP contribution in [0.4, 0.5) is 0 Å². The van der Waals surface area contributed by atoms with E-state index in [1.807, 2.05) is 4.90 Å². The topological polar surface area (TPSA) is 97.6 Å². The van der Waals surface area contributed by atoms with E-state index in [9.17, 15) is 9.59 Å². The van der Waals surface area contributed by atoms with Crippen LogP contribution in [0.25, 0.3) is 0 Å². The van der Waals surface area contributed by atoms with E-state index in [-0.39, 0.29) is 17.7 Å². The molecule has 0 saturated carbocycles. The summed E-state index contributed by atoms with van der Waals surface area (Å²) >= 11 is 5.96. The molecule has 1 aliphatic rings. The molecule has 1 N–H and O–H groups in total. The first-order chi connectivity index (χ1) is 13.5. The highest BCUT2D eigenvalue weighted by atomic mass is 35.5. The first-order valence-electron chi connectivity index (χ1n) is 9.17. The Labute approximate surface area is 168 Å². The van der Waals surface area contributed by atoms with Crippen molar-refractivity contribution in [3.8, 4) is 5.75 Å². The number of benzene rings is 1. The van der Waals surface area contributed by atoms with Crippen LogP contribution >= 0.6 is 11.6 Å². The van der Waals surface area contributed by atoms with E-state index in [4.69, 9.17) is 20.9 Å². The van der Waals surface area contributed by atoms with Crippen molar-refractivity contribution in [3.63, 3.8) is 0 Å². The largest absolute Gasteiger partial charge is 0.496 e. The monoisotopic (exact) mass is 406 g/mol. The van der Waals surface area contributed by atoms with Crippen LogP contribution in [-0.2, 0) is 11.2 Å². The number of rotatable bonds is 6. The van der Waals surface area contributed by atoms with Crippen LogP contribution in [0, 0.1) is 0 Å². The summed E-state index contributed by atoms with van der Waals surface area (Å²) in [7, 11) is 1.50. The summed E-state index contributed by atoms with van der Waals surface area (Å²) in [5.41, 5.74) is 0.374. The maximum atomic E-state index is 12.4. The first-order valence-corrected chi connectivity index (χ1v) is 9.55. The second-order valence-electron chi connectivity index (χ2n) is 6.68. The predicted molar refractivity (Wildman–Crippen MR) is 103 cm³/mol. The lowest BCUT2D eigenvalue weighted by Gasteiger charge is -2.29. The number of carbonyl (C=O) groups is 2. The van der Waals surface area contributed by atoms with Crippen molar-refractivity contribution in [1.29, 1.82) is 0 Å². The minimum Gasteiger partial charge on any atom is -0.496 e. The summed E-state index contributed by atoms with van der Waals surface area (Å²) < 4.78 is 10.5. The second-order valence-corrected chi connectivity index (χ2v) is 7.11. The molecule has 9 heteroatoms. The highest BCUT2D eigenvalue weighted by molar-refractivity contribution is 6.31. The Bertz CT molecular complexity index is 846. The zero-order valence-electron chi connectivity index (χ0n) is 15.9. The lowest BCUT2D eigenvalue weighted by molar-refractivity contribution is -0.129. The van der Waals surface area contributed by atoms with Gasteiger partial charge in [0.15, 0.2) is 5.82 Å². The molecule has 28 heavy (non-hydrogen) atoms. The number of nitrogens with zero attached hydrogens (tertiary/aromatic N) is 3. The molecule has 2 aromatic rings. The van der Waals surface area contributed by atoms with Gasteiger partial charge in [0.25, 0.3) is 5.91 Å². The van der Waals surface area contributed by atoms with Crippen LogP contribution in [0.3, 0.4) is 0 Å². The van der Waals surface area contributed by atoms with Crippen molar-refractivity contribution in [2.75, 3.05) is 26.7 Å². The van der Waals surface area contributed by atoms with Gasteiger partial charge < -0.3 is 19.5 Å². The molecule has 2 amide bonds. The number of ether oxygens (including phenoxy) is 1. The average molecular weight is 407 g/mol. The maximum absolute atomic E-state index is 12.4. The van der Waals surface area contributed by atoms with E-state index in [0.29, 0.717) is 54.1 Å². The Balaban J connectivity index is 1.51. The van der Waals surface area contributed by atoms with Crippen molar-refractivity contribution in [3.05, 3.63) is 40.5 Å². The number of aromatic nitrogens is 2. The van der Waals surface area contributed by atoms with E-state index in [1.54, 1.807) is 25.1 Å². The SMILES string of the molecule is COc1ccc(Cl)cc1C(=O)NCCc1nc(C2CCN(C(C)=O)CC2)no1. The molecule has 0 bridgehead atoms. The molecular formula is C19H23ClN4O4. The summed E-state index contributed by atoms with van der Waals surface area (Å²) in [6, 6.07) is 4.88. The van der Waals surface area contributed by atoms with E-state index in [1.165, 1.54) is 7.11 Å². The van der Waals surface area contributed by atoms with Gasteiger partial charge in [0, 0.05) is 43.9 Å². The lowest BCUT2D eigenvalue weighted by Crippen LogP contribution is -2.36. The van der Waals surface area contributed by atoms with Gasteiger partial charge >= 0.3 is 0 Å². The van der Waals surface area contributed by atoms with Gasteiger partial charge in [-0.3, -0.25) is 9.59 Å². The zero-order valence-corrected chi connectivity index (χ0v) is 16.7. The molecule has 1 fully saturated rings. The number of methoxy groups -OCH3 is 1. The summed E-state index contributed by atoms with van der Waals surface area (Å²) in [6.07, 6.45) is 2.07. The molecule has 0 atom stereocenters. The van der Waals surface area contributed by atoms with E-state index < -0.39 is 0 Å². The Kier molecular flexibility index (Phi) is 6.51. The Morgan fingerprint density at radius 3 is 2.79 bits per heavy atom. The Hall–Kier alpha value is -2.61. The van der Waals surface area contributed by atoms with Crippen LogP contribution in [0.1, 0.15) is 47.8 Å². The average Bonchev–Trinajstić information content (AvgIpc) is 3.17. The number of piperidine rings is 1. The fraction of sp³-hybridized carbons (Fsp3) is 0.474. The predicted octanol–water partition coefficient (Wildman–Crippen LogP) is 2.43. The third-order valence-electron chi connectivity index (χ3n) is 4.82. The molecule has 1 saturated heterocycles. The molecule has 0 radical (unpaired) electrons. The van der Waals surface area contributed by atoms with Gasteiger partial charge in [-0.25, -0.2) is 0 Å². The summed E-state index contributed by atoms with van der Waals surface area (Å²) in [5, 5.41) is 7.33.